The number of esters is 1. The number of aryl methyl sites for hydroxylation is 1. The molecular formula is C23H28O2. The molecule has 1 saturated carbocycles. The predicted molar refractivity (Wildman–Crippen MR) is 102 cm³/mol. The van der Waals surface area contributed by atoms with Crippen molar-refractivity contribution in [1.29, 1.82) is 0 Å². The van der Waals surface area contributed by atoms with E-state index in [2.05, 4.69) is 65.8 Å². The Morgan fingerprint density at radius 1 is 0.960 bits per heavy atom. The van der Waals surface area contributed by atoms with Gasteiger partial charge in [0.2, 0.25) is 0 Å². The van der Waals surface area contributed by atoms with Crippen LogP contribution >= 0.6 is 0 Å². The van der Waals surface area contributed by atoms with Crippen LogP contribution in [0.3, 0.4) is 0 Å². The Hall–Kier alpha value is -2.09. The zero-order chi connectivity index (χ0) is 18.4. The number of ether oxygens (including phenoxy) is 1. The molecule has 0 N–H and O–H groups in total. The number of carbonyl (C=O) groups is 1. The Morgan fingerprint density at radius 2 is 1.56 bits per heavy atom. The van der Waals surface area contributed by atoms with E-state index in [0.29, 0.717) is 6.61 Å². The molecule has 2 aromatic carbocycles. The third-order valence-corrected chi connectivity index (χ3v) is 6.53. The maximum Gasteiger partial charge on any atom is 0.310 e. The van der Waals surface area contributed by atoms with E-state index in [0.717, 1.165) is 5.56 Å². The molecule has 1 aliphatic carbocycles. The number of carbonyl (C=O) groups excluding carboxylic acids is 1. The molecule has 1 aliphatic rings. The van der Waals surface area contributed by atoms with Gasteiger partial charge in [-0.05, 0) is 52.5 Å². The Balaban J connectivity index is 1.81. The first kappa shape index (κ1) is 17.7. The fourth-order valence-corrected chi connectivity index (χ4v) is 4.06. The van der Waals surface area contributed by atoms with Crippen LogP contribution in [-0.4, -0.2) is 5.97 Å². The highest BCUT2D eigenvalue weighted by molar-refractivity contribution is 5.79. The first-order valence-electron chi connectivity index (χ1n) is 8.99. The molecule has 0 spiro atoms. The third-order valence-electron chi connectivity index (χ3n) is 6.53. The van der Waals surface area contributed by atoms with Gasteiger partial charge >= 0.3 is 5.97 Å². The van der Waals surface area contributed by atoms with Gasteiger partial charge in [-0.15, -0.1) is 0 Å². The SMILES string of the molecule is Cc1ccc(-c2ccccc2)c(C)c1COC(=O)C1C(C)(C)C1(C)C. The molecular weight excluding hydrogens is 308 g/mol. The van der Waals surface area contributed by atoms with Gasteiger partial charge in [-0.1, -0.05) is 70.2 Å². The van der Waals surface area contributed by atoms with E-state index >= 15 is 0 Å². The molecule has 0 heterocycles. The summed E-state index contributed by atoms with van der Waals surface area (Å²) >= 11 is 0. The van der Waals surface area contributed by atoms with Crippen LogP contribution in [0.5, 0.6) is 0 Å². The van der Waals surface area contributed by atoms with Gasteiger partial charge in [0.05, 0.1) is 5.92 Å². The summed E-state index contributed by atoms with van der Waals surface area (Å²) in [5.74, 6) is -0.0863. The Morgan fingerprint density at radius 3 is 2.12 bits per heavy atom. The van der Waals surface area contributed by atoms with E-state index in [1.54, 1.807) is 0 Å². The van der Waals surface area contributed by atoms with Crippen LogP contribution in [0, 0.1) is 30.6 Å². The first-order valence-corrected chi connectivity index (χ1v) is 8.99. The minimum Gasteiger partial charge on any atom is -0.461 e. The predicted octanol–water partition coefficient (Wildman–Crippen LogP) is 5.70. The van der Waals surface area contributed by atoms with Gasteiger partial charge in [0.15, 0.2) is 0 Å². The molecule has 2 heteroatoms. The minimum atomic E-state index is -0.0704. The van der Waals surface area contributed by atoms with E-state index in [1.165, 1.54) is 22.3 Å². The van der Waals surface area contributed by atoms with Gasteiger partial charge in [0.1, 0.15) is 6.61 Å². The molecule has 0 aliphatic heterocycles. The minimum absolute atomic E-state index is 0.0139. The monoisotopic (exact) mass is 336 g/mol. The van der Waals surface area contributed by atoms with Crippen LogP contribution in [-0.2, 0) is 16.1 Å². The highest BCUT2D eigenvalue weighted by atomic mass is 16.5. The lowest BCUT2D eigenvalue weighted by Gasteiger charge is -2.15. The Labute approximate surface area is 151 Å². The first-order chi connectivity index (χ1) is 11.7. The van der Waals surface area contributed by atoms with Crippen LogP contribution in [0.2, 0.25) is 0 Å². The van der Waals surface area contributed by atoms with Crippen molar-refractivity contribution in [2.75, 3.05) is 0 Å². The summed E-state index contributed by atoms with van der Waals surface area (Å²) in [6.45, 7) is 13.1. The van der Waals surface area contributed by atoms with Crippen molar-refractivity contribution in [3.05, 3.63) is 59.2 Å². The van der Waals surface area contributed by atoms with Gasteiger partial charge in [0.25, 0.3) is 0 Å². The molecule has 25 heavy (non-hydrogen) atoms. The third kappa shape index (κ3) is 2.88. The number of rotatable bonds is 4. The fourth-order valence-electron chi connectivity index (χ4n) is 4.06. The molecule has 2 aromatic rings. The molecule has 0 saturated heterocycles. The second-order valence-corrected chi connectivity index (χ2v) is 8.38. The quantitative estimate of drug-likeness (QED) is 0.670. The molecule has 0 amide bonds. The molecule has 2 nitrogen and oxygen atoms in total. The molecule has 1 fully saturated rings. The summed E-state index contributed by atoms with van der Waals surface area (Å²) in [5.41, 5.74) is 5.89. The lowest BCUT2D eigenvalue weighted by Crippen LogP contribution is -2.12. The van der Waals surface area contributed by atoms with Gasteiger partial charge < -0.3 is 4.74 Å². The summed E-state index contributed by atoms with van der Waals surface area (Å²) in [7, 11) is 0. The number of hydrogen-bond donors (Lipinski definition) is 0. The largest absolute Gasteiger partial charge is 0.461 e. The van der Waals surface area contributed by atoms with E-state index in [-0.39, 0.29) is 22.7 Å². The normalized spacial score (nSPS) is 18.0. The van der Waals surface area contributed by atoms with Gasteiger partial charge in [-0.2, -0.15) is 0 Å². The van der Waals surface area contributed by atoms with Crippen molar-refractivity contribution in [2.24, 2.45) is 16.7 Å². The standard InChI is InChI=1S/C23H28O2/c1-15-12-13-18(17-10-8-7-9-11-17)16(2)19(15)14-25-21(24)20-22(3,4)23(20,5)6/h7-13,20H,14H2,1-6H3. The van der Waals surface area contributed by atoms with Crippen LogP contribution in [0.1, 0.15) is 44.4 Å². The maximum absolute atomic E-state index is 12.6. The molecule has 0 aromatic heterocycles. The van der Waals surface area contributed by atoms with Crippen molar-refractivity contribution in [2.45, 2.75) is 48.1 Å². The molecule has 0 unspecified atom stereocenters. The van der Waals surface area contributed by atoms with Crippen molar-refractivity contribution < 1.29 is 9.53 Å². The zero-order valence-electron chi connectivity index (χ0n) is 16.1. The lowest BCUT2D eigenvalue weighted by atomic mass is 9.94. The number of hydrogen-bond acceptors (Lipinski definition) is 2. The lowest BCUT2D eigenvalue weighted by molar-refractivity contribution is -0.148. The Kier molecular flexibility index (Phi) is 4.26. The number of benzene rings is 2. The second kappa shape index (κ2) is 6.01. The summed E-state index contributed by atoms with van der Waals surface area (Å²) in [4.78, 5) is 12.6. The van der Waals surface area contributed by atoms with Crippen molar-refractivity contribution >= 4 is 5.97 Å². The summed E-state index contributed by atoms with van der Waals surface area (Å²) < 4.78 is 5.74. The van der Waals surface area contributed by atoms with Crippen LogP contribution < -0.4 is 0 Å². The summed E-state index contributed by atoms with van der Waals surface area (Å²) in [5, 5.41) is 0. The molecule has 0 atom stereocenters. The van der Waals surface area contributed by atoms with Crippen molar-refractivity contribution in [3.63, 3.8) is 0 Å². The van der Waals surface area contributed by atoms with E-state index in [4.69, 9.17) is 4.74 Å². The zero-order valence-corrected chi connectivity index (χ0v) is 16.1. The van der Waals surface area contributed by atoms with E-state index in [9.17, 15) is 4.79 Å². The average molecular weight is 336 g/mol. The fraction of sp³-hybridized carbons (Fsp3) is 0.435. The molecule has 0 radical (unpaired) electrons. The summed E-state index contributed by atoms with van der Waals surface area (Å²) in [6.07, 6.45) is 0. The van der Waals surface area contributed by atoms with Gasteiger partial charge in [0, 0.05) is 0 Å². The highest BCUT2D eigenvalue weighted by Crippen LogP contribution is 2.68. The molecule has 0 bridgehead atoms. The van der Waals surface area contributed by atoms with Crippen LogP contribution in [0.25, 0.3) is 11.1 Å². The summed E-state index contributed by atoms with van der Waals surface area (Å²) in [6, 6.07) is 14.6. The van der Waals surface area contributed by atoms with Gasteiger partial charge in [-0.3, -0.25) is 4.79 Å². The highest BCUT2D eigenvalue weighted by Gasteiger charge is 2.69. The van der Waals surface area contributed by atoms with Crippen molar-refractivity contribution in [1.82, 2.24) is 0 Å². The van der Waals surface area contributed by atoms with Crippen LogP contribution in [0.4, 0.5) is 0 Å². The average Bonchev–Trinajstić information content (AvgIpc) is 2.97. The second-order valence-electron chi connectivity index (χ2n) is 8.38. The topological polar surface area (TPSA) is 26.3 Å². The van der Waals surface area contributed by atoms with Gasteiger partial charge in [-0.25, -0.2) is 0 Å². The van der Waals surface area contributed by atoms with Crippen LogP contribution in [0.15, 0.2) is 42.5 Å². The maximum atomic E-state index is 12.6. The molecule has 3 rings (SSSR count). The van der Waals surface area contributed by atoms with E-state index in [1.807, 2.05) is 18.2 Å². The molecule has 132 valence electrons. The Bertz CT molecular complexity index is 786. The smallest absolute Gasteiger partial charge is 0.310 e. The van der Waals surface area contributed by atoms with Crippen molar-refractivity contribution in [3.8, 4) is 11.1 Å². The van der Waals surface area contributed by atoms with E-state index < -0.39 is 0 Å².